The van der Waals surface area contributed by atoms with E-state index in [4.69, 9.17) is 21.1 Å². The summed E-state index contributed by atoms with van der Waals surface area (Å²) in [5.74, 6) is 1.05. The van der Waals surface area contributed by atoms with Crippen molar-refractivity contribution in [2.45, 2.75) is 37.8 Å². The fraction of sp³-hybridized carbons (Fsp3) is 0.304. The Labute approximate surface area is 180 Å². The van der Waals surface area contributed by atoms with Crippen LogP contribution in [0.1, 0.15) is 48.9 Å². The molecule has 4 rings (SSSR count). The Morgan fingerprint density at radius 1 is 0.800 bits per heavy atom. The summed E-state index contributed by atoms with van der Waals surface area (Å²) in [6, 6.07) is 12.7. The van der Waals surface area contributed by atoms with Crippen LogP contribution < -0.4 is 20.1 Å². The number of rotatable bonds is 2. The molecule has 6 nitrogen and oxygen atoms in total. The lowest BCUT2D eigenvalue weighted by molar-refractivity contribution is -0.127. The zero-order valence-electron chi connectivity index (χ0n) is 16.4. The van der Waals surface area contributed by atoms with Crippen LogP contribution >= 0.6 is 11.6 Å². The SMILES string of the molecule is O=C1CCC(=O)N[C@@H](c2ccc3c(c2)OCO3)C/C=C\C[C@@H](c2cccc(Cl)c2)N1. The summed E-state index contributed by atoms with van der Waals surface area (Å²) in [7, 11) is 0. The third-order valence-corrected chi connectivity index (χ3v) is 5.44. The van der Waals surface area contributed by atoms with E-state index in [2.05, 4.69) is 10.6 Å². The van der Waals surface area contributed by atoms with Gasteiger partial charge in [0.1, 0.15) is 0 Å². The minimum Gasteiger partial charge on any atom is -0.454 e. The van der Waals surface area contributed by atoms with Gasteiger partial charge in [0.2, 0.25) is 18.6 Å². The van der Waals surface area contributed by atoms with Gasteiger partial charge < -0.3 is 20.1 Å². The summed E-state index contributed by atoms with van der Waals surface area (Å²) in [6.07, 6.45) is 5.56. The number of carbonyl (C=O) groups is 2. The third-order valence-electron chi connectivity index (χ3n) is 5.21. The van der Waals surface area contributed by atoms with Crippen LogP contribution in [0.4, 0.5) is 0 Å². The third kappa shape index (κ3) is 4.94. The van der Waals surface area contributed by atoms with Crippen molar-refractivity contribution in [2.24, 2.45) is 0 Å². The number of hydrogen-bond acceptors (Lipinski definition) is 4. The van der Waals surface area contributed by atoms with E-state index in [1.54, 1.807) is 6.07 Å². The molecule has 0 unspecified atom stereocenters. The lowest BCUT2D eigenvalue weighted by Gasteiger charge is -2.21. The standard InChI is InChI=1S/C23H23ClN2O4/c24-17-5-3-4-15(12-17)18-6-1-2-7-19(26-23(28)11-10-22(27)25-18)16-8-9-20-21(13-16)30-14-29-20/h1-5,8-9,12-13,18-19H,6-7,10-11,14H2,(H,25,27)(H,26,28)/b2-1-/t18-,19+/m0/s1. The minimum atomic E-state index is -0.213. The van der Waals surface area contributed by atoms with Crippen LogP contribution in [0.25, 0.3) is 0 Å². The van der Waals surface area contributed by atoms with Crippen molar-refractivity contribution < 1.29 is 19.1 Å². The number of amides is 2. The largest absolute Gasteiger partial charge is 0.454 e. The quantitative estimate of drug-likeness (QED) is 0.705. The number of hydrogen-bond donors (Lipinski definition) is 2. The van der Waals surface area contributed by atoms with Gasteiger partial charge in [0, 0.05) is 17.9 Å². The van der Waals surface area contributed by atoms with Crippen LogP contribution in [-0.4, -0.2) is 18.6 Å². The van der Waals surface area contributed by atoms with Crippen LogP contribution in [0.3, 0.4) is 0 Å². The van der Waals surface area contributed by atoms with Gasteiger partial charge in [-0.05, 0) is 48.2 Å². The summed E-state index contributed by atoms with van der Waals surface area (Å²) in [5.41, 5.74) is 1.87. The summed E-state index contributed by atoms with van der Waals surface area (Å²) in [5, 5.41) is 6.66. The van der Waals surface area contributed by atoms with E-state index in [1.165, 1.54) is 0 Å². The lowest BCUT2D eigenvalue weighted by atomic mass is 9.99. The van der Waals surface area contributed by atoms with Gasteiger partial charge in [0.15, 0.2) is 11.5 Å². The molecule has 30 heavy (non-hydrogen) atoms. The molecule has 0 aromatic heterocycles. The van der Waals surface area contributed by atoms with E-state index in [1.807, 2.05) is 48.6 Å². The minimum absolute atomic E-state index is 0.124. The monoisotopic (exact) mass is 426 g/mol. The molecule has 2 aliphatic rings. The fourth-order valence-electron chi connectivity index (χ4n) is 3.63. The van der Waals surface area contributed by atoms with Crippen LogP contribution in [0, 0.1) is 0 Å². The zero-order chi connectivity index (χ0) is 20.9. The van der Waals surface area contributed by atoms with Crippen LogP contribution in [-0.2, 0) is 9.59 Å². The van der Waals surface area contributed by atoms with Gasteiger partial charge in [0.25, 0.3) is 0 Å². The maximum Gasteiger partial charge on any atom is 0.231 e. The van der Waals surface area contributed by atoms with Gasteiger partial charge in [-0.25, -0.2) is 0 Å². The second-order valence-corrected chi connectivity index (χ2v) is 7.79. The Hall–Kier alpha value is -2.99. The van der Waals surface area contributed by atoms with Crippen molar-refractivity contribution in [3.05, 3.63) is 70.8 Å². The van der Waals surface area contributed by atoms with Gasteiger partial charge in [-0.1, -0.05) is 42.0 Å². The van der Waals surface area contributed by atoms with E-state index in [-0.39, 0.29) is 43.5 Å². The van der Waals surface area contributed by atoms with E-state index >= 15 is 0 Å². The summed E-state index contributed by atoms with van der Waals surface area (Å²) < 4.78 is 10.8. The highest BCUT2D eigenvalue weighted by atomic mass is 35.5. The molecule has 7 heteroatoms. The van der Waals surface area contributed by atoms with Crippen molar-refractivity contribution in [1.29, 1.82) is 0 Å². The number of ether oxygens (including phenoxy) is 2. The van der Waals surface area contributed by atoms with Crippen molar-refractivity contribution >= 4 is 23.4 Å². The molecule has 156 valence electrons. The average Bonchev–Trinajstić information content (AvgIpc) is 3.20. The number of halogens is 1. The first-order chi connectivity index (χ1) is 14.6. The second kappa shape index (κ2) is 9.22. The highest BCUT2D eigenvalue weighted by molar-refractivity contribution is 6.30. The molecule has 0 saturated heterocycles. The van der Waals surface area contributed by atoms with E-state index in [9.17, 15) is 9.59 Å². The number of fused-ring (bicyclic) bond motifs is 1. The predicted octanol–water partition coefficient (Wildman–Crippen LogP) is 4.21. The van der Waals surface area contributed by atoms with E-state index in [0.29, 0.717) is 29.4 Å². The van der Waals surface area contributed by atoms with Crippen molar-refractivity contribution in [1.82, 2.24) is 10.6 Å². The molecule has 2 aromatic carbocycles. The molecule has 0 saturated carbocycles. The van der Waals surface area contributed by atoms with Crippen LogP contribution in [0.15, 0.2) is 54.6 Å². The van der Waals surface area contributed by atoms with Gasteiger partial charge in [-0.2, -0.15) is 0 Å². The van der Waals surface area contributed by atoms with Gasteiger partial charge >= 0.3 is 0 Å². The Bertz CT molecular complexity index is 975. The number of benzene rings is 2. The maximum absolute atomic E-state index is 12.5. The van der Waals surface area contributed by atoms with Crippen molar-refractivity contribution in [2.75, 3.05) is 6.79 Å². The lowest BCUT2D eigenvalue weighted by Crippen LogP contribution is -2.32. The molecule has 0 radical (unpaired) electrons. The number of nitrogens with one attached hydrogen (secondary N) is 2. The molecular weight excluding hydrogens is 404 g/mol. The molecule has 2 heterocycles. The molecular formula is C23H23ClN2O4. The van der Waals surface area contributed by atoms with Gasteiger partial charge in [-0.3, -0.25) is 9.59 Å². The first-order valence-corrected chi connectivity index (χ1v) is 10.3. The highest BCUT2D eigenvalue weighted by Gasteiger charge is 2.21. The first kappa shape index (κ1) is 20.3. The Kier molecular flexibility index (Phi) is 6.23. The molecule has 0 aliphatic carbocycles. The highest BCUT2D eigenvalue weighted by Crippen LogP contribution is 2.35. The first-order valence-electron chi connectivity index (χ1n) is 9.97. The predicted molar refractivity (Wildman–Crippen MR) is 113 cm³/mol. The molecule has 2 atom stereocenters. The van der Waals surface area contributed by atoms with Crippen molar-refractivity contribution in [3.63, 3.8) is 0 Å². The summed E-state index contributed by atoms with van der Waals surface area (Å²) in [4.78, 5) is 24.9. The van der Waals surface area contributed by atoms with Gasteiger partial charge in [0.05, 0.1) is 12.1 Å². The van der Waals surface area contributed by atoms with Crippen LogP contribution in [0.2, 0.25) is 5.02 Å². The summed E-state index contributed by atoms with van der Waals surface area (Å²) in [6.45, 7) is 0.204. The average molecular weight is 427 g/mol. The smallest absolute Gasteiger partial charge is 0.231 e. The molecule has 2 amide bonds. The fourth-order valence-corrected chi connectivity index (χ4v) is 3.83. The molecule has 2 aliphatic heterocycles. The number of carbonyl (C=O) groups excluding carboxylic acids is 2. The van der Waals surface area contributed by atoms with Crippen LogP contribution in [0.5, 0.6) is 11.5 Å². The molecule has 0 fully saturated rings. The molecule has 0 spiro atoms. The molecule has 2 aromatic rings. The Morgan fingerprint density at radius 2 is 1.43 bits per heavy atom. The molecule has 2 N–H and O–H groups in total. The Balaban J connectivity index is 1.55. The Morgan fingerprint density at radius 3 is 2.10 bits per heavy atom. The summed E-state index contributed by atoms with van der Waals surface area (Å²) >= 11 is 6.12. The normalized spacial score (nSPS) is 23.0. The second-order valence-electron chi connectivity index (χ2n) is 7.35. The molecule has 0 bridgehead atoms. The zero-order valence-corrected chi connectivity index (χ0v) is 17.2. The van der Waals surface area contributed by atoms with Gasteiger partial charge in [-0.15, -0.1) is 0 Å². The van der Waals surface area contributed by atoms with Crippen molar-refractivity contribution in [3.8, 4) is 11.5 Å². The topological polar surface area (TPSA) is 76.7 Å². The van der Waals surface area contributed by atoms with E-state index in [0.717, 1.165) is 11.1 Å². The maximum atomic E-state index is 12.5. The van der Waals surface area contributed by atoms with E-state index < -0.39 is 0 Å².